The summed E-state index contributed by atoms with van der Waals surface area (Å²) in [4.78, 5) is 12.8. The number of hydrogen-bond acceptors (Lipinski definition) is 4. The van der Waals surface area contributed by atoms with E-state index in [-0.39, 0.29) is 16.2 Å². The van der Waals surface area contributed by atoms with E-state index >= 15 is 0 Å². The Morgan fingerprint density at radius 2 is 1.80 bits per heavy atom. The first-order valence-electron chi connectivity index (χ1n) is 8.09. The molecule has 1 fully saturated rings. The van der Waals surface area contributed by atoms with E-state index in [1.165, 1.54) is 6.07 Å². The lowest BCUT2D eigenvalue weighted by Crippen LogP contribution is -2.43. The number of amides is 1. The van der Waals surface area contributed by atoms with Crippen LogP contribution in [0, 0.1) is 0 Å². The van der Waals surface area contributed by atoms with Crippen LogP contribution in [-0.2, 0) is 14.8 Å². The Morgan fingerprint density at radius 3 is 2.40 bits per heavy atom. The van der Waals surface area contributed by atoms with Crippen LogP contribution in [0.1, 0.15) is 37.3 Å². The molecule has 0 saturated heterocycles. The van der Waals surface area contributed by atoms with E-state index in [0.29, 0.717) is 5.56 Å². The highest BCUT2D eigenvalue weighted by molar-refractivity contribution is 9.11. The van der Waals surface area contributed by atoms with Gasteiger partial charge >= 0.3 is 0 Å². The molecule has 2 aromatic rings. The normalized spacial score (nSPS) is 16.7. The van der Waals surface area contributed by atoms with Crippen LogP contribution < -0.4 is 10.0 Å². The molecule has 1 amide bonds. The summed E-state index contributed by atoms with van der Waals surface area (Å²) >= 11 is 4.38. The Kier molecular flexibility index (Phi) is 5.93. The summed E-state index contributed by atoms with van der Waals surface area (Å²) in [5, 5.41) is 2.98. The number of thiophene rings is 1. The van der Waals surface area contributed by atoms with Gasteiger partial charge in [0.1, 0.15) is 10.3 Å². The van der Waals surface area contributed by atoms with Gasteiger partial charge in [0, 0.05) is 6.04 Å². The first-order valence-corrected chi connectivity index (χ1v) is 11.2. The summed E-state index contributed by atoms with van der Waals surface area (Å²) in [5.74, 6) is -0.308. The standard InChI is InChI=1S/C17H19BrN2O3S2/c18-14-10-11-15(24-14)25(22,23)20-16(12-6-2-1-3-7-12)17(21)19-13-8-4-5-9-13/h1-3,6-7,10-11,13,16,20H,4-5,8-9H2,(H,19,21)/t16-/m1/s1. The van der Waals surface area contributed by atoms with Crippen molar-refractivity contribution in [1.29, 1.82) is 0 Å². The van der Waals surface area contributed by atoms with Crippen LogP contribution >= 0.6 is 27.3 Å². The number of sulfonamides is 1. The van der Waals surface area contributed by atoms with Crippen molar-refractivity contribution in [3.8, 4) is 0 Å². The van der Waals surface area contributed by atoms with Crippen LogP contribution in [0.2, 0.25) is 0 Å². The molecule has 1 aliphatic rings. The van der Waals surface area contributed by atoms with E-state index in [9.17, 15) is 13.2 Å². The minimum atomic E-state index is -3.79. The fourth-order valence-electron chi connectivity index (χ4n) is 2.93. The predicted molar refractivity (Wildman–Crippen MR) is 102 cm³/mol. The highest BCUT2D eigenvalue weighted by Crippen LogP contribution is 2.28. The van der Waals surface area contributed by atoms with E-state index in [1.807, 2.05) is 6.07 Å². The van der Waals surface area contributed by atoms with E-state index in [4.69, 9.17) is 0 Å². The van der Waals surface area contributed by atoms with Gasteiger partial charge in [-0.25, -0.2) is 8.42 Å². The Morgan fingerprint density at radius 1 is 1.12 bits per heavy atom. The van der Waals surface area contributed by atoms with Gasteiger partial charge in [-0.05, 0) is 46.5 Å². The zero-order valence-electron chi connectivity index (χ0n) is 13.4. The maximum atomic E-state index is 12.8. The minimum absolute atomic E-state index is 0.124. The summed E-state index contributed by atoms with van der Waals surface area (Å²) < 4.78 is 28.8. The molecule has 0 bridgehead atoms. The molecule has 1 aromatic carbocycles. The maximum Gasteiger partial charge on any atom is 0.251 e. The summed E-state index contributed by atoms with van der Waals surface area (Å²) in [7, 11) is -3.79. The van der Waals surface area contributed by atoms with Crippen molar-refractivity contribution in [3.05, 3.63) is 51.8 Å². The Hall–Kier alpha value is -1.22. The molecule has 0 unspecified atom stereocenters. The largest absolute Gasteiger partial charge is 0.352 e. The van der Waals surface area contributed by atoms with Gasteiger partial charge < -0.3 is 5.32 Å². The minimum Gasteiger partial charge on any atom is -0.352 e. The summed E-state index contributed by atoms with van der Waals surface area (Å²) in [6.45, 7) is 0. The van der Waals surface area contributed by atoms with Crippen molar-refractivity contribution in [2.24, 2.45) is 0 Å². The first kappa shape index (κ1) is 18.6. The van der Waals surface area contributed by atoms with Gasteiger partial charge in [-0.15, -0.1) is 11.3 Å². The van der Waals surface area contributed by atoms with E-state index < -0.39 is 16.1 Å². The molecule has 0 spiro atoms. The van der Waals surface area contributed by atoms with Crippen LogP contribution in [0.3, 0.4) is 0 Å². The molecule has 3 rings (SSSR count). The average molecular weight is 443 g/mol. The van der Waals surface area contributed by atoms with Gasteiger partial charge in [-0.3, -0.25) is 4.79 Å². The lowest BCUT2D eigenvalue weighted by atomic mass is 10.1. The highest BCUT2D eigenvalue weighted by atomic mass is 79.9. The molecule has 8 heteroatoms. The monoisotopic (exact) mass is 442 g/mol. The number of carbonyl (C=O) groups excluding carboxylic acids is 1. The van der Waals surface area contributed by atoms with Crippen molar-refractivity contribution in [2.45, 2.75) is 42.0 Å². The molecule has 1 aliphatic carbocycles. The third kappa shape index (κ3) is 4.69. The predicted octanol–water partition coefficient (Wildman–Crippen LogP) is 3.59. The van der Waals surface area contributed by atoms with Gasteiger partial charge in [-0.1, -0.05) is 43.2 Å². The zero-order chi connectivity index (χ0) is 17.9. The Bertz CT molecular complexity index is 831. The second-order valence-corrected chi connectivity index (χ2v) is 10.4. The van der Waals surface area contributed by atoms with E-state index in [2.05, 4.69) is 26.0 Å². The number of halogens is 1. The average Bonchev–Trinajstić information content (AvgIpc) is 3.25. The SMILES string of the molecule is O=C(NC1CCCC1)[C@H](NS(=O)(=O)c1ccc(Br)s1)c1ccccc1. The second-order valence-electron chi connectivity index (χ2n) is 6.01. The molecule has 0 radical (unpaired) electrons. The number of rotatable bonds is 6. The molecule has 1 aromatic heterocycles. The van der Waals surface area contributed by atoms with E-state index in [1.54, 1.807) is 30.3 Å². The van der Waals surface area contributed by atoms with Crippen LogP contribution in [0.4, 0.5) is 0 Å². The number of carbonyl (C=O) groups is 1. The molecule has 1 heterocycles. The molecule has 134 valence electrons. The smallest absolute Gasteiger partial charge is 0.251 e. The third-order valence-electron chi connectivity index (χ3n) is 4.18. The Labute approximate surface area is 160 Å². The van der Waals surface area contributed by atoms with Crippen molar-refractivity contribution in [2.75, 3.05) is 0 Å². The third-order valence-corrected chi connectivity index (χ3v) is 7.72. The molecule has 5 nitrogen and oxygen atoms in total. The molecule has 0 aliphatic heterocycles. The van der Waals surface area contributed by atoms with Crippen molar-refractivity contribution in [1.82, 2.24) is 10.0 Å². The van der Waals surface area contributed by atoms with Crippen molar-refractivity contribution >= 4 is 43.2 Å². The summed E-state index contributed by atoms with van der Waals surface area (Å²) in [6.07, 6.45) is 4.07. The quantitative estimate of drug-likeness (QED) is 0.717. The molecule has 1 saturated carbocycles. The fourth-order valence-corrected chi connectivity index (χ4v) is 6.14. The summed E-state index contributed by atoms with van der Waals surface area (Å²) in [6, 6.07) is 11.3. The van der Waals surface area contributed by atoms with Crippen molar-refractivity contribution in [3.63, 3.8) is 0 Å². The van der Waals surface area contributed by atoms with Gasteiger partial charge in [0.05, 0.1) is 3.79 Å². The second kappa shape index (κ2) is 7.99. The number of hydrogen-bond donors (Lipinski definition) is 2. The topological polar surface area (TPSA) is 75.3 Å². The number of benzene rings is 1. The van der Waals surface area contributed by atoms with Crippen LogP contribution in [0.25, 0.3) is 0 Å². The Balaban J connectivity index is 1.84. The number of nitrogens with one attached hydrogen (secondary N) is 2. The summed E-state index contributed by atoms with van der Waals surface area (Å²) in [5.41, 5.74) is 0.622. The van der Waals surface area contributed by atoms with Crippen LogP contribution in [0.15, 0.2) is 50.5 Å². The van der Waals surface area contributed by atoms with Gasteiger partial charge in [0.25, 0.3) is 10.0 Å². The zero-order valence-corrected chi connectivity index (χ0v) is 16.7. The van der Waals surface area contributed by atoms with Gasteiger partial charge in [0.15, 0.2) is 0 Å². The van der Waals surface area contributed by atoms with E-state index in [0.717, 1.165) is 40.8 Å². The van der Waals surface area contributed by atoms with Crippen LogP contribution in [-0.4, -0.2) is 20.4 Å². The maximum absolute atomic E-state index is 12.8. The van der Waals surface area contributed by atoms with Crippen LogP contribution in [0.5, 0.6) is 0 Å². The van der Waals surface area contributed by atoms with Gasteiger partial charge in [0.2, 0.25) is 5.91 Å². The molecule has 2 N–H and O–H groups in total. The first-order chi connectivity index (χ1) is 12.0. The molecule has 1 atom stereocenters. The molecular formula is C17H19BrN2O3S2. The molecular weight excluding hydrogens is 424 g/mol. The van der Waals surface area contributed by atoms with Gasteiger partial charge in [-0.2, -0.15) is 4.72 Å². The lowest BCUT2D eigenvalue weighted by molar-refractivity contribution is -0.123. The lowest BCUT2D eigenvalue weighted by Gasteiger charge is -2.21. The fraction of sp³-hybridized carbons (Fsp3) is 0.353. The molecule has 25 heavy (non-hydrogen) atoms. The highest BCUT2D eigenvalue weighted by Gasteiger charge is 2.30. The van der Waals surface area contributed by atoms with Crippen molar-refractivity contribution < 1.29 is 13.2 Å².